The van der Waals surface area contributed by atoms with Crippen molar-refractivity contribution in [3.8, 4) is 0 Å². The van der Waals surface area contributed by atoms with Gasteiger partial charge in [0, 0.05) is 12.1 Å². The third-order valence-corrected chi connectivity index (χ3v) is 9.28. The molecule has 2 aromatic rings. The van der Waals surface area contributed by atoms with Crippen LogP contribution in [0.4, 0.5) is 11.4 Å². The summed E-state index contributed by atoms with van der Waals surface area (Å²) in [6, 6.07) is 7.44. The summed E-state index contributed by atoms with van der Waals surface area (Å²) < 4.78 is 53.2. The summed E-state index contributed by atoms with van der Waals surface area (Å²) >= 11 is 0. The van der Waals surface area contributed by atoms with Crippen LogP contribution >= 0.6 is 0 Å². The molecule has 1 fully saturated rings. The van der Waals surface area contributed by atoms with Gasteiger partial charge in [-0.05, 0) is 12.1 Å². The van der Waals surface area contributed by atoms with Crippen molar-refractivity contribution in [3.63, 3.8) is 0 Å². The Kier molecular flexibility index (Phi) is 9.66. The maximum absolute atomic E-state index is 13.3. The number of carbonyl (C=O) groups is 1. The largest absolute Gasteiger partial charge is 0.484 e. The first kappa shape index (κ1) is 32.5. The highest BCUT2D eigenvalue weighted by atomic mass is 32.2. The van der Waals surface area contributed by atoms with Gasteiger partial charge in [-0.2, -0.15) is 8.61 Å². The van der Waals surface area contributed by atoms with E-state index in [2.05, 4.69) is 13.2 Å². The van der Waals surface area contributed by atoms with Gasteiger partial charge >= 0.3 is 5.66 Å². The zero-order valence-corrected chi connectivity index (χ0v) is 22.3. The van der Waals surface area contributed by atoms with Crippen LogP contribution in [0.2, 0.25) is 0 Å². The topological polar surface area (TPSA) is 264 Å². The number of ketones is 1. The van der Waals surface area contributed by atoms with E-state index < -0.39 is 98.5 Å². The van der Waals surface area contributed by atoms with Crippen LogP contribution in [0, 0.1) is 40.5 Å². The van der Waals surface area contributed by atoms with Gasteiger partial charge in [0.25, 0.3) is 31.4 Å². The number of Topliss-reactive ketones (excluding diaryl/α,β-unsaturated/α-hetero) is 1. The lowest BCUT2D eigenvalue weighted by Gasteiger charge is -2.31. The Morgan fingerprint density at radius 3 is 1.27 bits per heavy atom. The standard InChI is InChI=1S/C18H16N6O13S2.C2H4/c25-13-9-19(38(34,35)16-7-3-1-5-14(16)21(26)27)11-18(23(30)31,24(32)33)12-20(10-13)39(36,37)17-8-4-2-6-15(17)22(28)29;1-2/h1-8H,9-12H2;1-2H2. The quantitative estimate of drug-likeness (QED) is 0.172. The molecule has 2 aromatic carbocycles. The predicted octanol–water partition coefficient (Wildman–Crippen LogP) is 0.819. The van der Waals surface area contributed by atoms with E-state index in [0.717, 1.165) is 48.5 Å². The van der Waals surface area contributed by atoms with E-state index in [1.165, 1.54) is 0 Å². The van der Waals surface area contributed by atoms with Crippen molar-refractivity contribution in [2.24, 2.45) is 0 Å². The van der Waals surface area contributed by atoms with Gasteiger partial charge in [-0.3, -0.25) is 45.3 Å². The molecule has 21 heteroatoms. The maximum atomic E-state index is 13.3. The summed E-state index contributed by atoms with van der Waals surface area (Å²) in [6.45, 7) is -0.118. The van der Waals surface area contributed by atoms with E-state index in [1.807, 2.05) is 0 Å². The van der Waals surface area contributed by atoms with Crippen LogP contribution in [0.1, 0.15) is 0 Å². The molecule has 3 rings (SSSR count). The van der Waals surface area contributed by atoms with Crippen LogP contribution in [-0.2, 0) is 24.8 Å². The molecular formula is C20H20N6O13S2. The molecule has 41 heavy (non-hydrogen) atoms. The molecule has 0 aromatic heterocycles. The molecule has 0 saturated carbocycles. The SMILES string of the molecule is C=C.O=C1CN(S(=O)(=O)c2ccccc2[N+](=O)[O-])CC([N+](=O)[O-])([N+](=O)[O-])CN(S(=O)(=O)c2ccccc2[N+](=O)[O-])C1. The third kappa shape index (κ3) is 6.21. The monoisotopic (exact) mass is 616 g/mol. The van der Waals surface area contributed by atoms with Crippen molar-refractivity contribution < 1.29 is 41.3 Å². The van der Waals surface area contributed by atoms with Crippen LogP contribution in [0.3, 0.4) is 0 Å². The van der Waals surface area contributed by atoms with E-state index >= 15 is 0 Å². The van der Waals surface area contributed by atoms with Gasteiger partial charge in [-0.25, -0.2) is 16.8 Å². The summed E-state index contributed by atoms with van der Waals surface area (Å²) in [5.41, 5.74) is -5.60. The summed E-state index contributed by atoms with van der Waals surface area (Å²) in [7, 11) is -10.3. The van der Waals surface area contributed by atoms with Crippen LogP contribution < -0.4 is 0 Å². The molecule has 1 heterocycles. The third-order valence-electron chi connectivity index (χ3n) is 5.60. The van der Waals surface area contributed by atoms with Gasteiger partial charge < -0.3 is 0 Å². The second kappa shape index (κ2) is 12.2. The minimum atomic E-state index is -5.17. The fourth-order valence-corrected chi connectivity index (χ4v) is 6.99. The second-order valence-electron chi connectivity index (χ2n) is 8.03. The normalized spacial score (nSPS) is 16.3. The Morgan fingerprint density at radius 1 is 0.659 bits per heavy atom. The molecule has 0 spiro atoms. The molecule has 0 N–H and O–H groups in total. The number of hydrogen-bond donors (Lipinski definition) is 0. The Hall–Kier alpha value is -4.73. The number of nitrogens with zero attached hydrogens (tertiary/aromatic N) is 6. The predicted molar refractivity (Wildman–Crippen MR) is 137 cm³/mol. The Labute approximate surface area is 231 Å². The molecule has 1 aliphatic rings. The fraction of sp³-hybridized carbons (Fsp3) is 0.250. The van der Waals surface area contributed by atoms with E-state index in [1.54, 1.807) is 0 Å². The van der Waals surface area contributed by atoms with Crippen molar-refractivity contribution in [1.29, 1.82) is 0 Å². The number of rotatable bonds is 8. The molecule has 0 atom stereocenters. The highest BCUT2D eigenvalue weighted by molar-refractivity contribution is 7.89. The first-order valence-electron chi connectivity index (χ1n) is 10.8. The zero-order chi connectivity index (χ0) is 31.3. The molecular weight excluding hydrogens is 596 g/mol. The average molecular weight is 617 g/mol. The van der Waals surface area contributed by atoms with E-state index in [4.69, 9.17) is 0 Å². The summed E-state index contributed by atoms with van der Waals surface area (Å²) in [5.74, 6) is -1.24. The number of carbonyl (C=O) groups excluding carboxylic acids is 1. The zero-order valence-electron chi connectivity index (χ0n) is 20.7. The van der Waals surface area contributed by atoms with Gasteiger partial charge in [0.15, 0.2) is 28.7 Å². The van der Waals surface area contributed by atoms with Crippen molar-refractivity contribution >= 4 is 37.2 Å². The maximum Gasteiger partial charge on any atom is 0.484 e. The number of hydrogen-bond acceptors (Lipinski definition) is 13. The minimum Gasteiger partial charge on any atom is -0.297 e. The van der Waals surface area contributed by atoms with Gasteiger partial charge in [0.05, 0.1) is 22.9 Å². The first-order chi connectivity index (χ1) is 19.1. The average Bonchev–Trinajstić information content (AvgIpc) is 2.90. The minimum absolute atomic E-state index is 0.00179. The number of benzene rings is 2. The molecule has 0 unspecified atom stereocenters. The summed E-state index contributed by atoms with van der Waals surface area (Å²) in [4.78, 5) is 52.3. The van der Waals surface area contributed by atoms with Crippen molar-refractivity contribution in [2.45, 2.75) is 15.5 Å². The first-order valence-corrected chi connectivity index (χ1v) is 13.7. The summed E-state index contributed by atoms with van der Waals surface area (Å²) in [5, 5.41) is 46.8. The van der Waals surface area contributed by atoms with Crippen molar-refractivity contribution in [2.75, 3.05) is 26.2 Å². The molecule has 0 amide bonds. The Bertz CT molecular complexity index is 1510. The van der Waals surface area contributed by atoms with Gasteiger partial charge in [0.2, 0.25) is 0 Å². The molecule has 19 nitrogen and oxygen atoms in total. The molecule has 1 aliphatic heterocycles. The summed E-state index contributed by atoms with van der Waals surface area (Å²) in [6.07, 6.45) is 0. The van der Waals surface area contributed by atoms with Gasteiger partial charge in [-0.1, -0.05) is 24.3 Å². The van der Waals surface area contributed by atoms with E-state index in [-0.39, 0.29) is 8.61 Å². The highest BCUT2D eigenvalue weighted by Gasteiger charge is 2.63. The van der Waals surface area contributed by atoms with Gasteiger partial charge in [0.1, 0.15) is 9.85 Å². The molecule has 0 aliphatic carbocycles. The molecule has 0 radical (unpaired) electrons. The number of para-hydroxylation sites is 2. The lowest BCUT2D eigenvalue weighted by Crippen LogP contribution is -2.65. The molecule has 220 valence electrons. The lowest BCUT2D eigenvalue weighted by atomic mass is 10.1. The molecule has 0 bridgehead atoms. The van der Waals surface area contributed by atoms with Gasteiger partial charge in [-0.15, -0.1) is 13.2 Å². The second-order valence-corrected chi connectivity index (χ2v) is 11.8. The Balaban J connectivity index is 0.00000287. The number of nitro groups is 4. The lowest BCUT2D eigenvalue weighted by molar-refractivity contribution is -0.794. The molecule has 1 saturated heterocycles. The fourth-order valence-electron chi connectivity index (χ4n) is 3.74. The number of sulfonamides is 2. The van der Waals surface area contributed by atoms with Crippen LogP contribution in [-0.4, -0.2) is 82.8 Å². The van der Waals surface area contributed by atoms with Crippen molar-refractivity contribution in [3.05, 3.63) is 102 Å². The van der Waals surface area contributed by atoms with E-state index in [0.29, 0.717) is 0 Å². The van der Waals surface area contributed by atoms with Crippen molar-refractivity contribution in [1.82, 2.24) is 8.61 Å². The Morgan fingerprint density at radius 2 is 0.976 bits per heavy atom. The number of nitro benzene ring substituents is 2. The smallest absolute Gasteiger partial charge is 0.297 e. The van der Waals surface area contributed by atoms with E-state index in [9.17, 15) is 62.1 Å². The van der Waals surface area contributed by atoms with Crippen LogP contribution in [0.15, 0.2) is 71.5 Å². The van der Waals surface area contributed by atoms with Crippen LogP contribution in [0.5, 0.6) is 0 Å². The highest BCUT2D eigenvalue weighted by Crippen LogP contribution is 2.32. The van der Waals surface area contributed by atoms with Crippen LogP contribution in [0.25, 0.3) is 0 Å².